The number of unbranched alkanes of at least 4 members (excludes halogenated alkanes) is 13. The molecule has 0 spiro atoms. The van der Waals surface area contributed by atoms with E-state index < -0.39 is 130 Å². The van der Waals surface area contributed by atoms with Gasteiger partial charge in [0.1, 0.15) is 13.1 Å². The molecular formula is C41H66N3Na6O14+. The van der Waals surface area contributed by atoms with Crippen LogP contribution in [0.3, 0.4) is 0 Å². The van der Waals surface area contributed by atoms with Crippen molar-refractivity contribution in [1.82, 2.24) is 0 Å². The van der Waals surface area contributed by atoms with Gasteiger partial charge in [-0.1, -0.05) is 84.0 Å². The van der Waals surface area contributed by atoms with Crippen molar-refractivity contribution < 1.29 is 251 Å². The summed E-state index contributed by atoms with van der Waals surface area (Å²) in [5.74, 6) is -10.4. The van der Waals surface area contributed by atoms with Gasteiger partial charge in [0.2, 0.25) is 0 Å². The SMILES string of the molecule is CCCCCCCCCCCCCCCC[N+](C)(CC([O-])=NC(CCC(=O)[O-])(CCC(=O)[O-])CCC(=O)[O-])CC([O-])=NC(CCC(=O)[O-])(CCC(=O)O)CCC(=O)O.[Na+].[Na+].[Na+].[Na+].[Na+].[Na+]. The topological polar surface area (TPSA) is 306 Å². The molecule has 0 saturated carbocycles. The smallest absolute Gasteiger partial charge is 0.858 e. The molecular weight excluding hydrogens is 896 g/mol. The van der Waals surface area contributed by atoms with Crippen LogP contribution in [0, 0.1) is 0 Å². The summed E-state index contributed by atoms with van der Waals surface area (Å²) >= 11 is 0. The number of carboxylic acid groups (broad SMARTS) is 6. The van der Waals surface area contributed by atoms with E-state index in [0.717, 1.165) is 32.1 Å². The molecule has 0 aromatic rings. The largest absolute Gasteiger partial charge is 1.00 e. The van der Waals surface area contributed by atoms with E-state index in [4.69, 9.17) is 0 Å². The summed E-state index contributed by atoms with van der Waals surface area (Å²) in [5, 5.41) is 91.8. The molecule has 1 unspecified atom stereocenters. The van der Waals surface area contributed by atoms with Crippen LogP contribution in [0.4, 0.5) is 0 Å². The predicted octanol–water partition coefficient (Wildman–Crippen LogP) is -18.2. The summed E-state index contributed by atoms with van der Waals surface area (Å²) in [4.78, 5) is 77.0. The molecule has 0 fully saturated rings. The molecule has 64 heavy (non-hydrogen) atoms. The second kappa shape index (κ2) is 47.1. The van der Waals surface area contributed by atoms with Crippen molar-refractivity contribution in [3.05, 3.63) is 0 Å². The Morgan fingerprint density at radius 1 is 0.422 bits per heavy atom. The number of hydrogen-bond donors (Lipinski definition) is 2. The van der Waals surface area contributed by atoms with Gasteiger partial charge in [0.25, 0.3) is 0 Å². The first kappa shape index (κ1) is 79.8. The Hall–Kier alpha value is 1.72. The Kier molecular flexibility index (Phi) is 58.7. The molecule has 1 atom stereocenters. The molecule has 23 heteroatoms. The number of rotatable bonds is 39. The summed E-state index contributed by atoms with van der Waals surface area (Å²) in [6, 6.07) is 0. The van der Waals surface area contributed by atoms with Gasteiger partial charge in [-0.3, -0.25) is 19.6 Å². The zero-order valence-electron chi connectivity index (χ0n) is 40.6. The first-order chi connectivity index (χ1) is 27.3. The Morgan fingerprint density at radius 3 is 0.891 bits per heavy atom. The summed E-state index contributed by atoms with van der Waals surface area (Å²) < 4.78 is -0.325. The monoisotopic (exact) mass is 962 g/mol. The van der Waals surface area contributed by atoms with Crippen LogP contribution in [-0.4, -0.2) is 100 Å². The van der Waals surface area contributed by atoms with Gasteiger partial charge in [-0.25, -0.2) is 0 Å². The number of hydrogen-bond acceptors (Lipinski definition) is 14. The van der Waals surface area contributed by atoms with Gasteiger partial charge in [-0.2, -0.15) is 0 Å². The average molecular weight is 963 g/mol. The van der Waals surface area contributed by atoms with Gasteiger partial charge in [-0.05, 0) is 77.0 Å². The minimum absolute atomic E-state index is 0. The number of carbonyl (C=O) groups excluding carboxylic acids is 4. The van der Waals surface area contributed by atoms with Crippen LogP contribution in [0.1, 0.15) is 174 Å². The minimum Gasteiger partial charge on any atom is -0.858 e. The molecule has 0 amide bonds. The first-order valence-corrected chi connectivity index (χ1v) is 20.8. The van der Waals surface area contributed by atoms with Gasteiger partial charge < -0.3 is 64.5 Å². The maximum atomic E-state index is 13.8. The van der Waals surface area contributed by atoms with Crippen LogP contribution >= 0.6 is 0 Å². The second-order valence-electron chi connectivity index (χ2n) is 16.0. The molecule has 0 radical (unpaired) electrons. The number of likely N-dealkylation sites (N-methyl/N-ethyl adjacent to an activating group) is 1. The van der Waals surface area contributed by atoms with Crippen LogP contribution < -0.4 is 208 Å². The zero-order valence-corrected chi connectivity index (χ0v) is 52.6. The normalized spacial score (nSPS) is 12.3. The van der Waals surface area contributed by atoms with Gasteiger partial charge >= 0.3 is 189 Å². The Morgan fingerprint density at radius 2 is 0.656 bits per heavy atom. The fourth-order valence-corrected chi connectivity index (χ4v) is 7.26. The van der Waals surface area contributed by atoms with Crippen LogP contribution in [0.15, 0.2) is 9.98 Å². The quantitative estimate of drug-likeness (QED) is 0.0190. The summed E-state index contributed by atoms with van der Waals surface area (Å²) in [6.07, 6.45) is 9.17. The van der Waals surface area contributed by atoms with Crippen LogP contribution in [0.5, 0.6) is 0 Å². The van der Waals surface area contributed by atoms with E-state index in [9.17, 15) is 69.6 Å². The maximum absolute atomic E-state index is 13.8. The molecule has 0 aromatic heterocycles. The molecule has 0 aromatic carbocycles. The molecule has 0 heterocycles. The van der Waals surface area contributed by atoms with Crippen molar-refractivity contribution in [3.63, 3.8) is 0 Å². The van der Waals surface area contributed by atoms with Gasteiger partial charge in [-0.15, -0.1) is 0 Å². The summed E-state index contributed by atoms with van der Waals surface area (Å²) in [6.45, 7) is 1.46. The van der Waals surface area contributed by atoms with Gasteiger partial charge in [0, 0.05) is 48.5 Å². The third kappa shape index (κ3) is 44.9. The second-order valence-corrected chi connectivity index (χ2v) is 16.0. The third-order valence-electron chi connectivity index (χ3n) is 10.6. The fraction of sp³-hybridized carbons (Fsp3) is 0.805. The number of quaternary nitrogens is 1. The van der Waals surface area contributed by atoms with Crippen LogP contribution in [-0.2, 0) is 28.8 Å². The van der Waals surface area contributed by atoms with E-state index >= 15 is 0 Å². The van der Waals surface area contributed by atoms with E-state index in [-0.39, 0.29) is 208 Å². The van der Waals surface area contributed by atoms with E-state index in [1.807, 2.05) is 0 Å². The van der Waals surface area contributed by atoms with Crippen LogP contribution in [0.25, 0.3) is 0 Å². The van der Waals surface area contributed by atoms with E-state index in [2.05, 4.69) is 16.9 Å². The Bertz CT molecular complexity index is 1190. The Balaban J connectivity index is -0.00000108. The number of aliphatic carboxylic acids is 6. The molecule has 334 valence electrons. The molecule has 0 bridgehead atoms. The van der Waals surface area contributed by atoms with Crippen molar-refractivity contribution in [2.24, 2.45) is 9.98 Å². The Labute approximate surface area is 513 Å². The fourth-order valence-electron chi connectivity index (χ4n) is 7.26. The summed E-state index contributed by atoms with van der Waals surface area (Å²) in [7, 11) is 1.56. The van der Waals surface area contributed by atoms with Crippen molar-refractivity contribution >= 4 is 47.6 Å². The molecule has 2 N–H and O–H groups in total. The van der Waals surface area contributed by atoms with E-state index in [1.165, 1.54) is 51.4 Å². The average Bonchev–Trinajstić information content (AvgIpc) is 3.12. The molecule has 17 nitrogen and oxygen atoms in total. The maximum Gasteiger partial charge on any atom is 1.00 e. The van der Waals surface area contributed by atoms with Crippen molar-refractivity contribution in [2.45, 2.75) is 185 Å². The van der Waals surface area contributed by atoms with Gasteiger partial charge in [0.15, 0.2) is 0 Å². The predicted molar refractivity (Wildman–Crippen MR) is 202 cm³/mol. The van der Waals surface area contributed by atoms with E-state index in [1.54, 1.807) is 7.05 Å². The zero-order chi connectivity index (χ0) is 44.0. The number of nitrogens with zero attached hydrogens (tertiary/aromatic N) is 3. The number of carboxylic acids is 6. The summed E-state index contributed by atoms with van der Waals surface area (Å²) in [5.41, 5.74) is -3.43. The third-order valence-corrected chi connectivity index (χ3v) is 10.6. The molecule has 0 rings (SSSR count). The number of aliphatic imine (C=N–C) groups is 2. The van der Waals surface area contributed by atoms with Crippen molar-refractivity contribution in [2.75, 3.05) is 26.7 Å². The van der Waals surface area contributed by atoms with Crippen LogP contribution in [0.2, 0.25) is 0 Å². The van der Waals surface area contributed by atoms with Crippen molar-refractivity contribution in [1.29, 1.82) is 0 Å². The van der Waals surface area contributed by atoms with E-state index in [0.29, 0.717) is 6.42 Å². The number of carbonyl (C=O) groups is 6. The van der Waals surface area contributed by atoms with Gasteiger partial charge in [0.05, 0.1) is 24.7 Å². The molecule has 0 saturated heterocycles. The molecule has 0 aliphatic carbocycles. The molecule has 0 aliphatic rings. The minimum atomic E-state index is -1.75. The standard InChI is InChI=1S/C41H71N3O14.6Na/c1-3-4-5-6-7-8-9-10-11-12-13-14-15-16-29-44(2,30-32(45)42-40(23-17-34(47)48,24-18-35(49)50)25-19-36(51)52)31-33(46)43-41(26-20-37(53)54,27-21-38(55)56)28-22-39(57)58;;;;;;/h3-31H2,1-2H3,(H7-,42,43,45,46,47,48,49,50,51,52,53,54,55,56,57,58);;;;;;/q;6*+1/p-5. The molecule has 0 aliphatic heterocycles. The first-order valence-electron chi connectivity index (χ1n) is 20.8. The van der Waals surface area contributed by atoms with Crippen molar-refractivity contribution in [3.8, 4) is 0 Å².